The van der Waals surface area contributed by atoms with Crippen LogP contribution in [0.5, 0.6) is 0 Å². The zero-order valence-corrected chi connectivity index (χ0v) is 12.2. The number of aromatic amines is 1. The molecule has 0 bridgehead atoms. The lowest BCUT2D eigenvalue weighted by molar-refractivity contribution is -0.129. The Bertz CT molecular complexity index is 804. The van der Waals surface area contributed by atoms with E-state index in [4.69, 9.17) is 11.6 Å². The summed E-state index contributed by atoms with van der Waals surface area (Å²) in [5.41, 5.74) is 1.09. The quantitative estimate of drug-likeness (QED) is 0.693. The number of likely N-dealkylation sites (N-methyl/N-ethyl adjacent to an activating group) is 1. The topological polar surface area (TPSA) is 73.5 Å². The molecule has 1 aliphatic rings. The molecule has 0 saturated carbocycles. The molecular weight excluding hydrogens is 313 g/mol. The summed E-state index contributed by atoms with van der Waals surface area (Å²) in [5, 5.41) is 0.606. The fraction of sp³-hybridized carbons (Fsp3) is 0.214. The largest absolute Gasteiger partial charge is 0.360 e. The molecule has 8 heteroatoms. The van der Waals surface area contributed by atoms with Crippen molar-refractivity contribution in [3.8, 4) is 0 Å². The first kappa shape index (κ1) is 14.5. The van der Waals surface area contributed by atoms with Crippen LogP contribution in [0.15, 0.2) is 18.3 Å². The minimum Gasteiger partial charge on any atom is -0.360 e. The first-order valence-electron chi connectivity index (χ1n) is 6.44. The predicted molar refractivity (Wildman–Crippen MR) is 76.8 cm³/mol. The van der Waals surface area contributed by atoms with E-state index < -0.39 is 23.8 Å². The average molecular weight is 324 g/mol. The first-order chi connectivity index (χ1) is 10.5. The molecule has 114 valence electrons. The van der Waals surface area contributed by atoms with Crippen LogP contribution in [0.1, 0.15) is 5.56 Å². The third-order valence-corrected chi connectivity index (χ3v) is 4.19. The number of carbonyl (C=O) groups excluding carboxylic acids is 3. The molecule has 1 atom stereocenters. The van der Waals surface area contributed by atoms with E-state index in [1.807, 2.05) is 0 Å². The van der Waals surface area contributed by atoms with Crippen LogP contribution in [-0.4, -0.2) is 46.2 Å². The van der Waals surface area contributed by atoms with E-state index in [1.165, 1.54) is 13.1 Å². The summed E-state index contributed by atoms with van der Waals surface area (Å²) >= 11 is 5.88. The SMILES string of the molecule is CN1C(=O)[C@H](Cc2c[nH]c3c(Cl)c(F)ccc23)N(C=O)C1=O. The maximum Gasteiger partial charge on any atom is 0.333 e. The van der Waals surface area contributed by atoms with Crippen molar-refractivity contribution in [3.05, 3.63) is 34.7 Å². The molecule has 4 amide bonds. The van der Waals surface area contributed by atoms with Crippen molar-refractivity contribution >= 4 is 40.9 Å². The number of H-pyrrole nitrogens is 1. The van der Waals surface area contributed by atoms with Gasteiger partial charge in [0.2, 0.25) is 6.41 Å². The van der Waals surface area contributed by atoms with Crippen LogP contribution >= 0.6 is 11.6 Å². The second-order valence-corrected chi connectivity index (χ2v) is 5.39. The van der Waals surface area contributed by atoms with Crippen LogP contribution in [0.3, 0.4) is 0 Å². The van der Waals surface area contributed by atoms with Crippen LogP contribution in [0.2, 0.25) is 5.02 Å². The molecule has 0 spiro atoms. The van der Waals surface area contributed by atoms with Crippen molar-refractivity contribution in [2.24, 2.45) is 0 Å². The number of nitrogens with one attached hydrogen (secondary N) is 1. The van der Waals surface area contributed by atoms with Gasteiger partial charge in [0.25, 0.3) is 5.91 Å². The van der Waals surface area contributed by atoms with Crippen LogP contribution in [0, 0.1) is 5.82 Å². The molecule has 2 heterocycles. The number of halogens is 2. The van der Waals surface area contributed by atoms with Gasteiger partial charge in [-0.25, -0.2) is 9.18 Å². The number of nitrogens with zero attached hydrogens (tertiary/aromatic N) is 2. The van der Waals surface area contributed by atoms with Crippen molar-refractivity contribution < 1.29 is 18.8 Å². The van der Waals surface area contributed by atoms with Gasteiger partial charge >= 0.3 is 6.03 Å². The number of fused-ring (bicyclic) bond motifs is 1. The van der Waals surface area contributed by atoms with E-state index in [0.29, 0.717) is 22.9 Å². The van der Waals surface area contributed by atoms with Gasteiger partial charge in [-0.2, -0.15) is 0 Å². The van der Waals surface area contributed by atoms with E-state index in [1.54, 1.807) is 12.3 Å². The summed E-state index contributed by atoms with van der Waals surface area (Å²) in [5.74, 6) is -1.01. The molecule has 3 rings (SSSR count). The highest BCUT2D eigenvalue weighted by Gasteiger charge is 2.43. The van der Waals surface area contributed by atoms with Gasteiger partial charge in [0.15, 0.2) is 0 Å². The number of rotatable bonds is 3. The summed E-state index contributed by atoms with van der Waals surface area (Å²) in [4.78, 5) is 39.5. The molecule has 1 saturated heterocycles. The number of hydrogen-bond acceptors (Lipinski definition) is 3. The highest BCUT2D eigenvalue weighted by Crippen LogP contribution is 2.29. The van der Waals surface area contributed by atoms with Gasteiger partial charge in [-0.3, -0.25) is 19.4 Å². The number of amides is 4. The smallest absolute Gasteiger partial charge is 0.333 e. The molecule has 1 aromatic heterocycles. The van der Waals surface area contributed by atoms with E-state index in [-0.39, 0.29) is 11.4 Å². The molecule has 1 N–H and O–H groups in total. The van der Waals surface area contributed by atoms with Gasteiger partial charge in [0, 0.05) is 25.1 Å². The third-order valence-electron chi connectivity index (χ3n) is 3.82. The number of imide groups is 2. The standard InChI is InChI=1S/C14H11ClFN3O3/c1-18-13(21)10(19(6-20)14(18)22)4-7-5-17-12-8(7)2-3-9(16)11(12)15/h2-3,5-6,10,17H,4H2,1H3/t10-/m0/s1. The van der Waals surface area contributed by atoms with Crippen molar-refractivity contribution in [1.82, 2.24) is 14.8 Å². The normalized spacial score (nSPS) is 18.6. The molecule has 0 unspecified atom stereocenters. The van der Waals surface area contributed by atoms with Gasteiger partial charge in [-0.15, -0.1) is 0 Å². The van der Waals surface area contributed by atoms with Gasteiger partial charge in [-0.05, 0) is 17.7 Å². The zero-order valence-electron chi connectivity index (χ0n) is 11.5. The molecule has 0 radical (unpaired) electrons. The Hall–Kier alpha value is -2.41. The molecule has 0 aliphatic carbocycles. The first-order valence-corrected chi connectivity index (χ1v) is 6.82. The molecule has 1 fully saturated rings. The van der Waals surface area contributed by atoms with Crippen LogP contribution < -0.4 is 0 Å². The van der Waals surface area contributed by atoms with Crippen LogP contribution in [0.25, 0.3) is 10.9 Å². The molecule has 22 heavy (non-hydrogen) atoms. The van der Waals surface area contributed by atoms with Crippen molar-refractivity contribution in [2.75, 3.05) is 7.05 Å². The predicted octanol–water partition coefficient (Wildman–Crippen LogP) is 1.92. The fourth-order valence-electron chi connectivity index (χ4n) is 2.62. The number of aromatic nitrogens is 1. The van der Waals surface area contributed by atoms with Crippen LogP contribution in [0.4, 0.5) is 9.18 Å². The second kappa shape index (κ2) is 5.10. The van der Waals surface area contributed by atoms with E-state index in [0.717, 1.165) is 9.80 Å². The van der Waals surface area contributed by atoms with Crippen molar-refractivity contribution in [2.45, 2.75) is 12.5 Å². The van der Waals surface area contributed by atoms with Gasteiger partial charge < -0.3 is 4.98 Å². The second-order valence-electron chi connectivity index (χ2n) is 5.01. The molecule has 1 aromatic carbocycles. The zero-order chi connectivity index (χ0) is 16.0. The Kier molecular flexibility index (Phi) is 3.37. The number of benzene rings is 1. The lowest BCUT2D eigenvalue weighted by Crippen LogP contribution is -2.35. The van der Waals surface area contributed by atoms with Gasteiger partial charge in [-0.1, -0.05) is 11.6 Å². The maximum atomic E-state index is 13.4. The number of hydrogen-bond donors (Lipinski definition) is 1. The monoisotopic (exact) mass is 323 g/mol. The molecule has 1 aliphatic heterocycles. The third kappa shape index (κ3) is 1.97. The molecule has 6 nitrogen and oxygen atoms in total. The summed E-state index contributed by atoms with van der Waals surface area (Å²) in [6.07, 6.45) is 2.07. The Balaban J connectivity index is 2.00. The van der Waals surface area contributed by atoms with Gasteiger partial charge in [0.1, 0.15) is 16.9 Å². The van der Waals surface area contributed by atoms with Crippen molar-refractivity contribution in [1.29, 1.82) is 0 Å². The Morgan fingerprint density at radius 2 is 2.14 bits per heavy atom. The van der Waals surface area contributed by atoms with Gasteiger partial charge in [0.05, 0.1) is 5.52 Å². The fourth-order valence-corrected chi connectivity index (χ4v) is 2.84. The maximum absolute atomic E-state index is 13.4. The lowest BCUT2D eigenvalue weighted by atomic mass is 10.0. The Morgan fingerprint density at radius 3 is 2.82 bits per heavy atom. The summed E-state index contributed by atoms with van der Waals surface area (Å²) < 4.78 is 13.4. The van der Waals surface area contributed by atoms with E-state index in [9.17, 15) is 18.8 Å². The molecule has 2 aromatic rings. The minimum atomic E-state index is -0.905. The average Bonchev–Trinajstić information content (AvgIpc) is 3.00. The van der Waals surface area contributed by atoms with Crippen molar-refractivity contribution in [3.63, 3.8) is 0 Å². The number of urea groups is 1. The lowest BCUT2D eigenvalue weighted by Gasteiger charge is -2.13. The highest BCUT2D eigenvalue weighted by atomic mass is 35.5. The minimum absolute atomic E-state index is 0.0399. The van der Waals surface area contributed by atoms with E-state index >= 15 is 0 Å². The summed E-state index contributed by atoms with van der Waals surface area (Å²) in [6, 6.07) is 1.21. The highest BCUT2D eigenvalue weighted by molar-refractivity contribution is 6.35. The Morgan fingerprint density at radius 1 is 1.41 bits per heavy atom. The summed E-state index contributed by atoms with van der Waals surface area (Å²) in [6.45, 7) is 0. The Labute approximate surface area is 129 Å². The van der Waals surface area contributed by atoms with E-state index in [2.05, 4.69) is 4.98 Å². The summed E-state index contributed by atoms with van der Waals surface area (Å²) in [7, 11) is 1.32. The number of carbonyl (C=O) groups is 3. The molecular formula is C14H11ClFN3O3. The van der Waals surface area contributed by atoms with Crippen LogP contribution in [-0.2, 0) is 16.0 Å².